The van der Waals surface area contributed by atoms with E-state index in [1.165, 1.54) is 6.07 Å². The monoisotopic (exact) mass is 537 g/mol. The van der Waals surface area contributed by atoms with Crippen LogP contribution in [0, 0.1) is 5.82 Å². The zero-order valence-corrected chi connectivity index (χ0v) is 19.5. The summed E-state index contributed by atoms with van der Waals surface area (Å²) in [6, 6.07) is 10.8. The Balaban J connectivity index is 0.00000272. The maximum Gasteiger partial charge on any atom is 0.196 e. The molecule has 1 aliphatic heterocycles. The van der Waals surface area contributed by atoms with E-state index in [-0.39, 0.29) is 29.8 Å². The van der Waals surface area contributed by atoms with Gasteiger partial charge in [0.25, 0.3) is 0 Å². The number of fused-ring (bicyclic) bond motifs is 1. The lowest BCUT2D eigenvalue weighted by Crippen LogP contribution is -2.30. The van der Waals surface area contributed by atoms with Gasteiger partial charge in [0, 0.05) is 37.1 Å². The Labute approximate surface area is 197 Å². The molecule has 31 heavy (non-hydrogen) atoms. The number of halogens is 2. The summed E-state index contributed by atoms with van der Waals surface area (Å²) in [5, 5.41) is 6.47. The molecular formula is C22H25FIN5O2. The second-order valence-electron chi connectivity index (χ2n) is 6.79. The number of hydrogen-bond acceptors (Lipinski definition) is 4. The van der Waals surface area contributed by atoms with E-state index in [1.54, 1.807) is 29.4 Å². The van der Waals surface area contributed by atoms with Crippen LogP contribution in [-0.2, 0) is 6.54 Å². The fourth-order valence-corrected chi connectivity index (χ4v) is 3.11. The molecule has 3 aromatic rings. The number of anilines is 1. The number of hydrogen-bond donors (Lipinski definition) is 2. The molecular weight excluding hydrogens is 512 g/mol. The van der Waals surface area contributed by atoms with Gasteiger partial charge in [0.05, 0.1) is 31.8 Å². The van der Waals surface area contributed by atoms with E-state index in [0.29, 0.717) is 43.7 Å². The Morgan fingerprint density at radius 2 is 2.00 bits per heavy atom. The van der Waals surface area contributed by atoms with Crippen LogP contribution in [0.4, 0.5) is 10.1 Å². The minimum absolute atomic E-state index is 0. The van der Waals surface area contributed by atoms with Crippen molar-refractivity contribution in [2.24, 2.45) is 4.99 Å². The van der Waals surface area contributed by atoms with E-state index in [0.717, 1.165) is 23.4 Å². The maximum atomic E-state index is 14.5. The molecule has 0 amide bonds. The molecule has 2 N–H and O–H groups in total. The fourth-order valence-electron chi connectivity index (χ4n) is 3.11. The first-order chi connectivity index (χ1) is 14.7. The van der Waals surface area contributed by atoms with Crippen LogP contribution in [0.1, 0.15) is 18.9 Å². The van der Waals surface area contributed by atoms with Crippen molar-refractivity contribution >= 4 is 35.6 Å². The predicted molar refractivity (Wildman–Crippen MR) is 129 cm³/mol. The number of ether oxygens (including phenoxy) is 2. The van der Waals surface area contributed by atoms with Crippen molar-refractivity contribution in [3.8, 4) is 17.2 Å². The molecule has 7 nitrogen and oxygen atoms in total. The summed E-state index contributed by atoms with van der Waals surface area (Å²) in [6.07, 6.45) is 5.75. The number of nitrogens with zero attached hydrogens (tertiary/aromatic N) is 3. The van der Waals surface area contributed by atoms with Gasteiger partial charge in [-0.1, -0.05) is 6.07 Å². The third-order valence-electron chi connectivity index (χ3n) is 4.57. The van der Waals surface area contributed by atoms with E-state index in [9.17, 15) is 4.39 Å². The summed E-state index contributed by atoms with van der Waals surface area (Å²) in [6.45, 7) is 4.31. The van der Waals surface area contributed by atoms with Crippen LogP contribution < -0.4 is 20.1 Å². The molecule has 0 fully saturated rings. The molecule has 1 aromatic heterocycles. The highest BCUT2D eigenvalue weighted by molar-refractivity contribution is 14.0. The molecule has 0 spiro atoms. The van der Waals surface area contributed by atoms with Crippen LogP contribution in [0.15, 0.2) is 60.1 Å². The molecule has 1 aliphatic rings. The molecule has 0 unspecified atom stereocenters. The lowest BCUT2D eigenvalue weighted by molar-refractivity contribution is 0.297. The van der Waals surface area contributed by atoms with E-state index < -0.39 is 0 Å². The van der Waals surface area contributed by atoms with Crippen molar-refractivity contribution in [1.82, 2.24) is 14.9 Å². The Morgan fingerprint density at radius 1 is 1.16 bits per heavy atom. The van der Waals surface area contributed by atoms with Crippen LogP contribution in [-0.4, -0.2) is 35.3 Å². The standard InChI is InChI=1S/C22H24FN5O2.HI/c1-2-25-22(27-17-5-7-20-21(13-17)30-11-3-10-29-20)26-14-16-4-6-19(18(23)12-16)28-9-8-24-15-28;/h4-9,12-13,15H,2-3,10-11,14H2,1H3,(H2,25,26,27);1H. The minimum atomic E-state index is -0.318. The van der Waals surface area contributed by atoms with Crippen molar-refractivity contribution in [2.75, 3.05) is 25.1 Å². The van der Waals surface area contributed by atoms with Crippen molar-refractivity contribution in [3.63, 3.8) is 0 Å². The summed E-state index contributed by atoms with van der Waals surface area (Å²) in [4.78, 5) is 8.53. The molecule has 0 saturated heterocycles. The molecule has 164 valence electrons. The molecule has 0 atom stereocenters. The number of rotatable bonds is 5. The average Bonchev–Trinajstić information content (AvgIpc) is 3.17. The molecule has 0 radical (unpaired) electrons. The largest absolute Gasteiger partial charge is 0.490 e. The van der Waals surface area contributed by atoms with Crippen molar-refractivity contribution in [3.05, 3.63) is 66.5 Å². The minimum Gasteiger partial charge on any atom is -0.490 e. The molecule has 0 bridgehead atoms. The fraction of sp³-hybridized carbons (Fsp3) is 0.273. The first-order valence-electron chi connectivity index (χ1n) is 9.94. The molecule has 9 heteroatoms. The van der Waals surface area contributed by atoms with Crippen LogP contribution in [0.3, 0.4) is 0 Å². The van der Waals surface area contributed by atoms with Gasteiger partial charge < -0.3 is 24.7 Å². The van der Waals surface area contributed by atoms with Crippen LogP contribution in [0.5, 0.6) is 11.5 Å². The third-order valence-corrected chi connectivity index (χ3v) is 4.57. The van der Waals surface area contributed by atoms with Crippen LogP contribution >= 0.6 is 24.0 Å². The summed E-state index contributed by atoms with van der Waals surface area (Å²) < 4.78 is 27.5. The van der Waals surface area contributed by atoms with Crippen LogP contribution in [0.2, 0.25) is 0 Å². The van der Waals surface area contributed by atoms with E-state index in [2.05, 4.69) is 20.6 Å². The van der Waals surface area contributed by atoms with Gasteiger partial charge in [-0.25, -0.2) is 14.4 Å². The summed E-state index contributed by atoms with van der Waals surface area (Å²) in [5.41, 5.74) is 2.06. The molecule has 4 rings (SSSR count). The topological polar surface area (TPSA) is 72.7 Å². The Hall–Kier alpha value is -2.82. The van der Waals surface area contributed by atoms with Crippen molar-refractivity contribution < 1.29 is 13.9 Å². The lowest BCUT2D eigenvalue weighted by atomic mass is 10.2. The first kappa shape index (κ1) is 22.9. The quantitative estimate of drug-likeness (QED) is 0.288. The van der Waals surface area contributed by atoms with Gasteiger partial charge in [0.1, 0.15) is 5.82 Å². The Kier molecular flexibility index (Phi) is 8.10. The maximum absolute atomic E-state index is 14.5. The van der Waals surface area contributed by atoms with Gasteiger partial charge in [-0.05, 0) is 36.8 Å². The zero-order valence-electron chi connectivity index (χ0n) is 17.2. The number of guanidine groups is 1. The van der Waals surface area contributed by atoms with Gasteiger partial charge in [0.15, 0.2) is 17.5 Å². The highest BCUT2D eigenvalue weighted by atomic mass is 127. The summed E-state index contributed by atoms with van der Waals surface area (Å²) in [5.74, 6) is 1.74. The zero-order chi connectivity index (χ0) is 20.8. The Bertz CT molecular complexity index is 1030. The molecule has 2 aromatic carbocycles. The normalized spacial score (nSPS) is 13.2. The first-order valence-corrected chi connectivity index (χ1v) is 9.94. The van der Waals surface area contributed by atoms with E-state index >= 15 is 0 Å². The third kappa shape index (κ3) is 5.87. The number of aliphatic imine (C=N–C) groups is 1. The smallest absolute Gasteiger partial charge is 0.196 e. The number of benzene rings is 2. The van der Waals surface area contributed by atoms with E-state index in [1.807, 2.05) is 31.2 Å². The highest BCUT2D eigenvalue weighted by Crippen LogP contribution is 2.32. The van der Waals surface area contributed by atoms with Crippen LogP contribution in [0.25, 0.3) is 5.69 Å². The number of nitrogens with one attached hydrogen (secondary N) is 2. The molecule has 0 saturated carbocycles. The van der Waals surface area contributed by atoms with Gasteiger partial charge in [-0.3, -0.25) is 0 Å². The van der Waals surface area contributed by atoms with Gasteiger partial charge in [0.2, 0.25) is 0 Å². The number of imidazole rings is 1. The summed E-state index contributed by atoms with van der Waals surface area (Å²) in [7, 11) is 0. The SMILES string of the molecule is CCNC(=NCc1ccc(-n2ccnc2)c(F)c1)Nc1ccc2c(c1)OCCCO2.I. The summed E-state index contributed by atoms with van der Waals surface area (Å²) >= 11 is 0. The van der Waals surface area contributed by atoms with Gasteiger partial charge >= 0.3 is 0 Å². The second-order valence-corrected chi connectivity index (χ2v) is 6.79. The average molecular weight is 537 g/mol. The molecule has 2 heterocycles. The Morgan fingerprint density at radius 3 is 2.74 bits per heavy atom. The highest BCUT2D eigenvalue weighted by Gasteiger charge is 2.11. The number of aromatic nitrogens is 2. The predicted octanol–water partition coefficient (Wildman–Crippen LogP) is 4.37. The van der Waals surface area contributed by atoms with Gasteiger partial charge in [-0.15, -0.1) is 24.0 Å². The van der Waals surface area contributed by atoms with Crippen molar-refractivity contribution in [1.29, 1.82) is 0 Å². The van der Waals surface area contributed by atoms with Crippen molar-refractivity contribution in [2.45, 2.75) is 19.9 Å². The lowest BCUT2D eigenvalue weighted by Gasteiger charge is -2.14. The second kappa shape index (κ2) is 11.0. The molecule has 0 aliphatic carbocycles. The van der Waals surface area contributed by atoms with E-state index in [4.69, 9.17) is 9.47 Å². The van der Waals surface area contributed by atoms with Gasteiger partial charge in [-0.2, -0.15) is 0 Å².